The molecule has 0 aromatic heterocycles. The number of nitrogens with one attached hydrogen (secondary N) is 1. The van der Waals surface area contributed by atoms with Gasteiger partial charge in [-0.3, -0.25) is 4.90 Å². The van der Waals surface area contributed by atoms with Crippen molar-refractivity contribution >= 4 is 36.4 Å². The molecule has 1 saturated carbocycles. The highest BCUT2D eigenvalue weighted by Crippen LogP contribution is 2.44. The van der Waals surface area contributed by atoms with Crippen molar-refractivity contribution in [3.63, 3.8) is 0 Å². The van der Waals surface area contributed by atoms with E-state index in [1.807, 2.05) is 12.1 Å². The number of hydrogen-bond acceptors (Lipinski definition) is 4. The van der Waals surface area contributed by atoms with Crippen LogP contribution in [-0.2, 0) is 0 Å². The molecule has 0 radical (unpaired) electrons. The molecule has 2 fully saturated rings. The van der Waals surface area contributed by atoms with Gasteiger partial charge in [-0.1, -0.05) is 24.4 Å². The lowest BCUT2D eigenvalue weighted by Gasteiger charge is -2.39. The van der Waals surface area contributed by atoms with Crippen molar-refractivity contribution in [2.75, 3.05) is 33.3 Å². The third kappa shape index (κ3) is 4.61. The molecule has 2 N–H and O–H groups in total. The van der Waals surface area contributed by atoms with E-state index in [0.29, 0.717) is 22.7 Å². The molecule has 1 saturated heterocycles. The summed E-state index contributed by atoms with van der Waals surface area (Å²) in [6.07, 6.45) is 5.18. The topological polar surface area (TPSA) is 44.7 Å². The molecule has 3 rings (SSSR count). The van der Waals surface area contributed by atoms with Crippen LogP contribution in [0.3, 0.4) is 0 Å². The number of nitrogens with zero attached hydrogens (tertiary/aromatic N) is 1. The smallest absolute Gasteiger partial charge is 0.176 e. The Morgan fingerprint density at radius 2 is 1.83 bits per heavy atom. The minimum absolute atomic E-state index is 0. The van der Waals surface area contributed by atoms with Crippen molar-refractivity contribution in [3.8, 4) is 11.5 Å². The quantitative estimate of drug-likeness (QED) is 0.805. The molecule has 0 spiro atoms. The predicted molar refractivity (Wildman–Crippen MR) is 103 cm³/mol. The number of methoxy groups -OCH3 is 1. The Morgan fingerprint density at radius 3 is 2.42 bits per heavy atom. The Hall–Kier alpha value is -0.390. The number of hydrogen-bond donors (Lipinski definition) is 2. The van der Waals surface area contributed by atoms with Gasteiger partial charge in [-0.05, 0) is 36.5 Å². The molecule has 1 heterocycles. The lowest BCUT2D eigenvalue weighted by Crippen LogP contribution is -2.46. The van der Waals surface area contributed by atoms with Crippen molar-refractivity contribution in [3.05, 3.63) is 22.7 Å². The van der Waals surface area contributed by atoms with Gasteiger partial charge in [0.1, 0.15) is 0 Å². The summed E-state index contributed by atoms with van der Waals surface area (Å²) in [6.45, 7) is 4.18. The Labute approximate surface area is 161 Å². The van der Waals surface area contributed by atoms with Crippen LogP contribution < -0.4 is 10.1 Å². The summed E-state index contributed by atoms with van der Waals surface area (Å²) in [5.74, 6) is 1.18. The standard InChI is InChI=1S/C17H25ClN2O2.2ClH/c1-22-15-11-13(10-14(18)17(15)21)16(12-4-2-3-5-12)20-8-6-19-7-9-20;;/h10-12,16,19,21H,2-9H2,1H3;2*1H/t16-;;/m1../s1. The van der Waals surface area contributed by atoms with E-state index in [4.69, 9.17) is 16.3 Å². The summed E-state index contributed by atoms with van der Waals surface area (Å²) in [5.41, 5.74) is 1.17. The van der Waals surface area contributed by atoms with E-state index in [9.17, 15) is 5.11 Å². The first-order chi connectivity index (χ1) is 10.7. The second-order valence-corrected chi connectivity index (χ2v) is 6.74. The molecule has 1 aromatic rings. The largest absolute Gasteiger partial charge is 0.503 e. The Kier molecular flexibility index (Phi) is 8.96. The third-order valence-corrected chi connectivity index (χ3v) is 5.29. The monoisotopic (exact) mass is 396 g/mol. The van der Waals surface area contributed by atoms with E-state index in [2.05, 4.69) is 10.2 Å². The number of ether oxygens (including phenoxy) is 1. The fraction of sp³-hybridized carbons (Fsp3) is 0.647. The molecule has 1 aromatic carbocycles. The Bertz CT molecular complexity index is 519. The molecular formula is C17H27Cl3N2O2. The molecular weight excluding hydrogens is 371 g/mol. The molecule has 138 valence electrons. The molecule has 0 bridgehead atoms. The summed E-state index contributed by atoms with van der Waals surface area (Å²) in [4.78, 5) is 2.56. The summed E-state index contributed by atoms with van der Waals surface area (Å²) in [5, 5.41) is 13.8. The normalized spacial score (nSPS) is 20.1. The predicted octanol–water partition coefficient (Wildman–Crippen LogP) is 4.03. The number of phenolic OH excluding ortho intramolecular Hbond substituents is 1. The van der Waals surface area contributed by atoms with Crippen LogP contribution in [0.15, 0.2) is 12.1 Å². The fourth-order valence-corrected chi connectivity index (χ4v) is 4.15. The zero-order chi connectivity index (χ0) is 15.5. The van der Waals surface area contributed by atoms with Crippen molar-refractivity contribution in [1.29, 1.82) is 0 Å². The van der Waals surface area contributed by atoms with Crippen LogP contribution in [0, 0.1) is 5.92 Å². The summed E-state index contributed by atoms with van der Waals surface area (Å²) < 4.78 is 5.30. The highest BCUT2D eigenvalue weighted by Gasteiger charge is 2.32. The van der Waals surface area contributed by atoms with E-state index in [1.54, 1.807) is 7.11 Å². The van der Waals surface area contributed by atoms with Gasteiger partial charge < -0.3 is 15.2 Å². The Morgan fingerprint density at radius 1 is 1.21 bits per heavy atom. The van der Waals surface area contributed by atoms with Gasteiger partial charge in [0.05, 0.1) is 12.1 Å². The minimum Gasteiger partial charge on any atom is -0.503 e. The highest BCUT2D eigenvalue weighted by atomic mass is 35.5. The van der Waals surface area contributed by atoms with Crippen LogP contribution >= 0.6 is 36.4 Å². The number of rotatable bonds is 4. The molecule has 2 aliphatic rings. The number of benzene rings is 1. The highest BCUT2D eigenvalue weighted by molar-refractivity contribution is 6.32. The van der Waals surface area contributed by atoms with Crippen LogP contribution in [0.4, 0.5) is 0 Å². The maximum absolute atomic E-state index is 10.00. The van der Waals surface area contributed by atoms with Crippen LogP contribution in [0.1, 0.15) is 37.3 Å². The third-order valence-electron chi connectivity index (χ3n) is 5.00. The second-order valence-electron chi connectivity index (χ2n) is 6.33. The molecule has 0 amide bonds. The SMILES string of the molecule is COc1cc([C@@H](C2CCCC2)N2CCNCC2)cc(Cl)c1O.Cl.Cl. The van der Waals surface area contributed by atoms with Gasteiger partial charge in [-0.15, -0.1) is 24.8 Å². The van der Waals surface area contributed by atoms with E-state index < -0.39 is 0 Å². The van der Waals surface area contributed by atoms with Gasteiger partial charge in [0.25, 0.3) is 0 Å². The fourth-order valence-electron chi connectivity index (χ4n) is 3.93. The van der Waals surface area contributed by atoms with Crippen molar-refractivity contribution < 1.29 is 9.84 Å². The zero-order valence-electron chi connectivity index (χ0n) is 14.0. The first-order valence-corrected chi connectivity index (χ1v) is 8.59. The van der Waals surface area contributed by atoms with Gasteiger partial charge in [0, 0.05) is 32.2 Å². The summed E-state index contributed by atoms with van der Waals surface area (Å²) in [6, 6.07) is 4.26. The van der Waals surface area contributed by atoms with Gasteiger partial charge in [-0.25, -0.2) is 0 Å². The van der Waals surface area contributed by atoms with E-state index >= 15 is 0 Å². The molecule has 24 heavy (non-hydrogen) atoms. The molecule has 7 heteroatoms. The first-order valence-electron chi connectivity index (χ1n) is 8.22. The minimum atomic E-state index is 0. The Balaban J connectivity index is 0.00000144. The lowest BCUT2D eigenvalue weighted by atomic mass is 9.89. The maximum Gasteiger partial charge on any atom is 0.176 e. The van der Waals surface area contributed by atoms with Crippen LogP contribution in [0.2, 0.25) is 5.02 Å². The van der Waals surface area contributed by atoms with Gasteiger partial charge in [0.15, 0.2) is 11.5 Å². The number of aromatic hydroxyl groups is 1. The summed E-state index contributed by atoms with van der Waals surface area (Å²) in [7, 11) is 1.57. The zero-order valence-corrected chi connectivity index (χ0v) is 16.4. The number of halogens is 3. The van der Waals surface area contributed by atoms with Crippen LogP contribution in [0.5, 0.6) is 11.5 Å². The summed E-state index contributed by atoms with van der Waals surface area (Å²) >= 11 is 6.23. The second kappa shape index (κ2) is 9.93. The molecule has 4 nitrogen and oxygen atoms in total. The van der Waals surface area contributed by atoms with Gasteiger partial charge >= 0.3 is 0 Å². The van der Waals surface area contributed by atoms with Gasteiger partial charge in [0.2, 0.25) is 0 Å². The van der Waals surface area contributed by atoms with Crippen LogP contribution in [-0.4, -0.2) is 43.3 Å². The van der Waals surface area contributed by atoms with E-state index in [0.717, 1.165) is 26.2 Å². The number of phenols is 1. The lowest BCUT2D eigenvalue weighted by molar-refractivity contribution is 0.125. The van der Waals surface area contributed by atoms with E-state index in [1.165, 1.54) is 31.2 Å². The average molecular weight is 398 g/mol. The average Bonchev–Trinajstić information content (AvgIpc) is 3.06. The van der Waals surface area contributed by atoms with Gasteiger partial charge in [-0.2, -0.15) is 0 Å². The first kappa shape index (κ1) is 21.7. The molecule has 0 unspecified atom stereocenters. The molecule has 1 aliphatic carbocycles. The van der Waals surface area contributed by atoms with Crippen molar-refractivity contribution in [2.45, 2.75) is 31.7 Å². The molecule has 1 atom stereocenters. The van der Waals surface area contributed by atoms with Crippen molar-refractivity contribution in [2.24, 2.45) is 5.92 Å². The maximum atomic E-state index is 10.00. The van der Waals surface area contributed by atoms with E-state index in [-0.39, 0.29) is 30.6 Å². The van der Waals surface area contributed by atoms with Crippen LogP contribution in [0.25, 0.3) is 0 Å². The number of piperazine rings is 1. The van der Waals surface area contributed by atoms with Crippen molar-refractivity contribution in [1.82, 2.24) is 10.2 Å². The molecule has 1 aliphatic heterocycles.